The van der Waals surface area contributed by atoms with Gasteiger partial charge in [0.25, 0.3) is 0 Å². The molecule has 2 heterocycles. The summed E-state index contributed by atoms with van der Waals surface area (Å²) < 4.78 is 0. The first-order valence-corrected chi connectivity index (χ1v) is 21.0. The summed E-state index contributed by atoms with van der Waals surface area (Å²) in [6.45, 7) is 0. The van der Waals surface area contributed by atoms with Crippen molar-refractivity contribution in [2.45, 2.75) is 27.4 Å². The molecule has 0 saturated heterocycles. The fourth-order valence-corrected chi connectivity index (χ4v) is 11.4. The van der Waals surface area contributed by atoms with E-state index in [0.29, 0.717) is 0 Å². The number of nitrogens with one attached hydrogen (secondary N) is 2. The van der Waals surface area contributed by atoms with Crippen molar-refractivity contribution in [3.8, 4) is 22.3 Å². The zero-order chi connectivity index (χ0) is 38.2. The molecule has 0 saturated carbocycles. The number of hydrogen-bond donors (Lipinski definition) is 2. The minimum Gasteiger partial charge on any atom is -0.366 e. The lowest BCUT2D eigenvalue weighted by Gasteiger charge is -2.40. The second-order valence-corrected chi connectivity index (χ2v) is 16.7. The molecule has 0 aromatic heterocycles. The standard InChI is InChI=1S/C55H38N2S/c1-3-15-38(16-4-1)50-34-51(39-17-5-2-6-18-39)57-54(56-50)40-25-23-35(24-26-40)41-27-30-45-44-21-11-12-22-46(44)55(49(45)33-41)47-31-28-36-13-7-9-19-42(36)52(47)58-53-43-20-10-8-14-37(43)29-32-48(53)55/h1-34,50,54,56-57H. The van der Waals surface area contributed by atoms with Crippen LogP contribution in [-0.4, -0.2) is 0 Å². The number of hydrogen-bond acceptors (Lipinski definition) is 3. The molecule has 0 bridgehead atoms. The third kappa shape index (κ3) is 5.04. The van der Waals surface area contributed by atoms with Crippen LogP contribution >= 0.6 is 11.8 Å². The van der Waals surface area contributed by atoms with Crippen molar-refractivity contribution in [2.75, 3.05) is 0 Å². The molecule has 1 spiro atoms. The second kappa shape index (κ2) is 13.2. The van der Waals surface area contributed by atoms with Crippen LogP contribution in [0.3, 0.4) is 0 Å². The maximum Gasteiger partial charge on any atom is 0.104 e. The maximum atomic E-state index is 3.88. The Labute approximate surface area is 342 Å². The van der Waals surface area contributed by atoms with Gasteiger partial charge in [0.15, 0.2) is 0 Å². The van der Waals surface area contributed by atoms with E-state index in [2.05, 4.69) is 217 Å². The largest absolute Gasteiger partial charge is 0.366 e. The third-order valence-electron chi connectivity index (χ3n) is 12.6. The summed E-state index contributed by atoms with van der Waals surface area (Å²) in [6, 6.07) is 74.2. The Bertz CT molecular complexity index is 3010. The highest BCUT2D eigenvalue weighted by Gasteiger charge is 2.51. The molecule has 2 unspecified atom stereocenters. The Morgan fingerprint density at radius 3 is 1.71 bits per heavy atom. The molecule has 2 N–H and O–H groups in total. The van der Waals surface area contributed by atoms with Gasteiger partial charge in [0.05, 0.1) is 11.5 Å². The van der Waals surface area contributed by atoms with E-state index >= 15 is 0 Å². The van der Waals surface area contributed by atoms with E-state index in [0.717, 1.165) is 5.70 Å². The van der Waals surface area contributed by atoms with Gasteiger partial charge in [0.2, 0.25) is 0 Å². The summed E-state index contributed by atoms with van der Waals surface area (Å²) in [5.41, 5.74) is 14.8. The van der Waals surface area contributed by atoms with Gasteiger partial charge in [0, 0.05) is 15.5 Å². The van der Waals surface area contributed by atoms with Crippen LogP contribution in [0.1, 0.15) is 51.2 Å². The minimum atomic E-state index is -0.478. The van der Waals surface area contributed by atoms with Crippen molar-refractivity contribution >= 4 is 39.0 Å². The van der Waals surface area contributed by atoms with Crippen molar-refractivity contribution in [1.29, 1.82) is 0 Å². The predicted octanol–water partition coefficient (Wildman–Crippen LogP) is 13.5. The first kappa shape index (κ1) is 33.5. The van der Waals surface area contributed by atoms with Crippen molar-refractivity contribution in [3.05, 3.63) is 245 Å². The zero-order valence-electron chi connectivity index (χ0n) is 31.7. The van der Waals surface area contributed by atoms with Gasteiger partial charge in [-0.3, -0.25) is 5.32 Å². The summed E-state index contributed by atoms with van der Waals surface area (Å²) in [5, 5.41) is 12.9. The Morgan fingerprint density at radius 2 is 1.00 bits per heavy atom. The minimum absolute atomic E-state index is 0.0605. The van der Waals surface area contributed by atoms with Crippen LogP contribution in [-0.2, 0) is 5.41 Å². The number of benzene rings is 9. The molecule has 9 aromatic carbocycles. The smallest absolute Gasteiger partial charge is 0.104 e. The van der Waals surface area contributed by atoms with Gasteiger partial charge in [-0.25, -0.2) is 0 Å². The fraction of sp³-hybridized carbons (Fsp3) is 0.0545. The Kier molecular flexibility index (Phi) is 7.63. The van der Waals surface area contributed by atoms with Crippen LogP contribution in [0.15, 0.2) is 216 Å². The van der Waals surface area contributed by atoms with Crippen molar-refractivity contribution in [3.63, 3.8) is 0 Å². The van der Waals surface area contributed by atoms with E-state index in [4.69, 9.17) is 0 Å². The Morgan fingerprint density at radius 1 is 0.414 bits per heavy atom. The first-order chi connectivity index (χ1) is 28.7. The average molecular weight is 759 g/mol. The van der Waals surface area contributed by atoms with Gasteiger partial charge >= 0.3 is 0 Å². The van der Waals surface area contributed by atoms with Crippen LogP contribution in [0.5, 0.6) is 0 Å². The van der Waals surface area contributed by atoms with Gasteiger partial charge < -0.3 is 5.32 Å². The molecule has 2 aliphatic heterocycles. The SMILES string of the molecule is C1=C(c2ccccc2)NC(c2ccc(-c3ccc4c(c3)C3(c5ccccc5-4)c4ccc5ccccc5c4Sc4c3ccc3ccccc43)cc2)NC1c1ccccc1. The molecule has 1 aliphatic carbocycles. The van der Waals surface area contributed by atoms with E-state index in [9.17, 15) is 0 Å². The van der Waals surface area contributed by atoms with Gasteiger partial charge in [-0.05, 0) is 94.9 Å². The normalized spacial score (nSPS) is 17.2. The molecule has 2 atom stereocenters. The van der Waals surface area contributed by atoms with Crippen LogP contribution in [0.25, 0.3) is 49.5 Å². The van der Waals surface area contributed by atoms with Crippen molar-refractivity contribution in [2.24, 2.45) is 0 Å². The van der Waals surface area contributed by atoms with E-state index in [1.165, 1.54) is 92.5 Å². The molecular weight excluding hydrogens is 721 g/mol. The summed E-state index contributed by atoms with van der Waals surface area (Å²) >= 11 is 1.95. The summed E-state index contributed by atoms with van der Waals surface area (Å²) in [6.07, 6.45) is 2.24. The lowest BCUT2D eigenvalue weighted by molar-refractivity contribution is 0.443. The first-order valence-electron chi connectivity index (χ1n) is 20.2. The van der Waals surface area contributed by atoms with E-state index in [1.807, 2.05) is 11.8 Å². The summed E-state index contributed by atoms with van der Waals surface area (Å²) in [7, 11) is 0. The van der Waals surface area contributed by atoms with E-state index in [-0.39, 0.29) is 12.2 Å². The molecule has 58 heavy (non-hydrogen) atoms. The molecule has 0 amide bonds. The Hall–Kier alpha value is -6.65. The molecular formula is C55H38N2S. The van der Waals surface area contributed by atoms with Crippen LogP contribution in [0, 0.1) is 0 Å². The van der Waals surface area contributed by atoms with Gasteiger partial charge in [-0.15, -0.1) is 0 Å². The van der Waals surface area contributed by atoms with Gasteiger partial charge in [0.1, 0.15) is 6.17 Å². The highest BCUT2D eigenvalue weighted by molar-refractivity contribution is 8.00. The van der Waals surface area contributed by atoms with Crippen LogP contribution in [0.4, 0.5) is 0 Å². The highest BCUT2D eigenvalue weighted by atomic mass is 32.2. The maximum absolute atomic E-state index is 3.88. The third-order valence-corrected chi connectivity index (χ3v) is 13.9. The number of rotatable bonds is 4. The highest BCUT2D eigenvalue weighted by Crippen LogP contribution is 2.64. The second-order valence-electron chi connectivity index (χ2n) is 15.7. The van der Waals surface area contributed by atoms with E-state index < -0.39 is 5.41 Å². The average Bonchev–Trinajstić information content (AvgIpc) is 3.59. The topological polar surface area (TPSA) is 24.1 Å². The lowest BCUT2D eigenvalue weighted by atomic mass is 9.66. The predicted molar refractivity (Wildman–Crippen MR) is 241 cm³/mol. The monoisotopic (exact) mass is 758 g/mol. The van der Waals surface area contributed by atoms with E-state index in [1.54, 1.807) is 0 Å². The molecule has 0 fully saturated rings. The molecule has 12 rings (SSSR count). The van der Waals surface area contributed by atoms with Crippen molar-refractivity contribution < 1.29 is 0 Å². The molecule has 3 heteroatoms. The van der Waals surface area contributed by atoms with Crippen LogP contribution in [0.2, 0.25) is 0 Å². The van der Waals surface area contributed by atoms with Crippen molar-refractivity contribution in [1.82, 2.24) is 10.6 Å². The molecule has 274 valence electrons. The summed E-state index contributed by atoms with van der Waals surface area (Å²) in [4.78, 5) is 2.70. The lowest BCUT2D eigenvalue weighted by Crippen LogP contribution is -2.39. The fourth-order valence-electron chi connectivity index (χ4n) is 9.92. The number of fused-ring (bicyclic) bond motifs is 13. The molecule has 3 aliphatic rings. The van der Waals surface area contributed by atoms with Gasteiger partial charge in [-0.1, -0.05) is 206 Å². The zero-order valence-corrected chi connectivity index (χ0v) is 32.5. The van der Waals surface area contributed by atoms with Crippen LogP contribution < -0.4 is 10.6 Å². The van der Waals surface area contributed by atoms with Gasteiger partial charge in [-0.2, -0.15) is 0 Å². The quantitative estimate of drug-likeness (QED) is 0.187. The molecule has 9 aromatic rings. The molecule has 0 radical (unpaired) electrons. The Balaban J connectivity index is 1.01. The summed E-state index contributed by atoms with van der Waals surface area (Å²) in [5.74, 6) is 0. The molecule has 2 nitrogen and oxygen atoms in total.